The van der Waals surface area contributed by atoms with Gasteiger partial charge in [0.25, 0.3) is 5.91 Å². The van der Waals surface area contributed by atoms with Crippen LogP contribution < -0.4 is 5.32 Å². The van der Waals surface area contributed by atoms with Crippen molar-refractivity contribution in [2.45, 2.75) is 6.42 Å². The summed E-state index contributed by atoms with van der Waals surface area (Å²) in [5, 5.41) is 21.5. The van der Waals surface area contributed by atoms with Gasteiger partial charge in [-0.2, -0.15) is 0 Å². The first kappa shape index (κ1) is 14.1. The number of carbonyl (C=O) groups excluding carboxylic acids is 1. The smallest absolute Gasteiger partial charge is 0.258 e. The highest BCUT2D eigenvalue weighted by Crippen LogP contribution is 2.25. The van der Waals surface area contributed by atoms with E-state index >= 15 is 0 Å². The van der Waals surface area contributed by atoms with Crippen LogP contribution >= 0.6 is 0 Å². The fourth-order valence-corrected chi connectivity index (χ4v) is 1.35. The number of rotatable bonds is 7. The molecule has 0 bridgehead atoms. The van der Waals surface area contributed by atoms with Crippen molar-refractivity contribution in [2.24, 2.45) is 0 Å². The van der Waals surface area contributed by atoms with Gasteiger partial charge in [-0.1, -0.05) is 12.1 Å². The zero-order chi connectivity index (χ0) is 13.4. The number of hydrogen-bond acceptors (Lipinski definition) is 4. The van der Waals surface area contributed by atoms with Crippen LogP contribution in [0.25, 0.3) is 0 Å². The van der Waals surface area contributed by atoms with Gasteiger partial charge in [0, 0.05) is 6.54 Å². The highest BCUT2D eigenvalue weighted by Gasteiger charge is 2.14. The van der Waals surface area contributed by atoms with E-state index in [0.717, 1.165) is 6.42 Å². The van der Waals surface area contributed by atoms with E-state index in [2.05, 4.69) is 11.9 Å². The summed E-state index contributed by atoms with van der Waals surface area (Å²) >= 11 is 0. The fourth-order valence-electron chi connectivity index (χ4n) is 1.35. The molecule has 0 saturated heterocycles. The number of amides is 1. The number of carbonyl (C=O) groups is 1. The first-order valence-corrected chi connectivity index (χ1v) is 5.64. The number of benzene rings is 1. The lowest BCUT2D eigenvalue weighted by molar-refractivity contribution is 0.0912. The van der Waals surface area contributed by atoms with E-state index in [1.54, 1.807) is 6.08 Å². The van der Waals surface area contributed by atoms with E-state index in [0.29, 0.717) is 19.8 Å². The van der Waals surface area contributed by atoms with E-state index in [1.807, 2.05) is 0 Å². The van der Waals surface area contributed by atoms with Gasteiger partial charge >= 0.3 is 0 Å². The summed E-state index contributed by atoms with van der Waals surface area (Å²) in [7, 11) is 0. The van der Waals surface area contributed by atoms with Gasteiger partial charge in [0.2, 0.25) is 0 Å². The van der Waals surface area contributed by atoms with Gasteiger partial charge in [0.1, 0.15) is 17.1 Å². The second-order valence-electron chi connectivity index (χ2n) is 3.62. The van der Waals surface area contributed by atoms with Gasteiger partial charge < -0.3 is 20.3 Å². The molecule has 0 aromatic heterocycles. The molecule has 1 aromatic rings. The van der Waals surface area contributed by atoms with Gasteiger partial charge in [-0.05, 0) is 18.6 Å². The number of aromatic hydroxyl groups is 2. The Morgan fingerprint density at radius 3 is 2.61 bits per heavy atom. The third-order valence-corrected chi connectivity index (χ3v) is 2.25. The molecular formula is C13H17NO4. The lowest BCUT2D eigenvalue weighted by Gasteiger charge is -2.08. The van der Waals surface area contributed by atoms with Crippen molar-refractivity contribution in [3.63, 3.8) is 0 Å². The predicted octanol–water partition coefficient (Wildman–Crippen LogP) is 1.42. The van der Waals surface area contributed by atoms with Gasteiger partial charge in [0.15, 0.2) is 0 Å². The molecule has 1 aromatic carbocycles. The van der Waals surface area contributed by atoms with Crippen LogP contribution in [0.2, 0.25) is 0 Å². The first-order chi connectivity index (χ1) is 8.66. The second kappa shape index (κ2) is 7.34. The molecule has 0 fully saturated rings. The van der Waals surface area contributed by atoms with Crippen molar-refractivity contribution in [1.29, 1.82) is 0 Å². The maximum atomic E-state index is 11.7. The number of hydrogen-bond donors (Lipinski definition) is 3. The highest BCUT2D eigenvalue weighted by atomic mass is 16.5. The molecule has 0 atom stereocenters. The summed E-state index contributed by atoms with van der Waals surface area (Å²) in [6.07, 6.45) is 2.51. The van der Waals surface area contributed by atoms with Crippen LogP contribution in [-0.2, 0) is 4.74 Å². The lowest BCUT2D eigenvalue weighted by Crippen LogP contribution is -2.27. The maximum absolute atomic E-state index is 11.7. The number of phenolic OH excluding ortho intramolecular Hbond substituents is 2. The van der Waals surface area contributed by atoms with Crippen molar-refractivity contribution in [3.8, 4) is 11.5 Å². The molecule has 0 heterocycles. The number of phenols is 2. The Labute approximate surface area is 106 Å². The van der Waals surface area contributed by atoms with E-state index < -0.39 is 5.91 Å². The van der Waals surface area contributed by atoms with Gasteiger partial charge in [0.05, 0.1) is 13.2 Å². The Morgan fingerprint density at radius 1 is 1.33 bits per heavy atom. The molecule has 18 heavy (non-hydrogen) atoms. The van der Waals surface area contributed by atoms with Crippen molar-refractivity contribution >= 4 is 5.91 Å². The molecule has 0 aliphatic heterocycles. The molecule has 0 unspecified atom stereocenters. The van der Waals surface area contributed by atoms with Crippen LogP contribution in [-0.4, -0.2) is 35.9 Å². The molecule has 5 nitrogen and oxygen atoms in total. The molecule has 0 aliphatic rings. The molecule has 5 heteroatoms. The van der Waals surface area contributed by atoms with Crippen molar-refractivity contribution in [2.75, 3.05) is 19.8 Å². The molecular weight excluding hydrogens is 234 g/mol. The van der Waals surface area contributed by atoms with Crippen molar-refractivity contribution in [1.82, 2.24) is 5.32 Å². The fraction of sp³-hybridized carbons (Fsp3) is 0.308. The molecule has 0 radical (unpaired) electrons. The summed E-state index contributed by atoms with van der Waals surface area (Å²) in [4.78, 5) is 11.7. The predicted molar refractivity (Wildman–Crippen MR) is 67.7 cm³/mol. The molecule has 0 spiro atoms. The summed E-state index contributed by atoms with van der Waals surface area (Å²) in [5.41, 5.74) is -0.122. The zero-order valence-electron chi connectivity index (χ0n) is 10.1. The zero-order valence-corrected chi connectivity index (χ0v) is 10.1. The van der Waals surface area contributed by atoms with Crippen LogP contribution in [0.15, 0.2) is 30.9 Å². The highest BCUT2D eigenvalue weighted by molar-refractivity contribution is 5.99. The Bertz CT molecular complexity index is 397. The maximum Gasteiger partial charge on any atom is 0.258 e. The van der Waals surface area contributed by atoms with Gasteiger partial charge in [-0.15, -0.1) is 6.58 Å². The Balaban J connectivity index is 2.39. The van der Waals surface area contributed by atoms with Crippen LogP contribution in [0.1, 0.15) is 16.8 Å². The van der Waals surface area contributed by atoms with Crippen LogP contribution in [0, 0.1) is 0 Å². The summed E-state index contributed by atoms with van der Waals surface area (Å²) in [6, 6.07) is 4.14. The monoisotopic (exact) mass is 251 g/mol. The average molecular weight is 251 g/mol. The molecule has 3 N–H and O–H groups in total. The Morgan fingerprint density at radius 2 is 2.00 bits per heavy atom. The number of nitrogens with one attached hydrogen (secondary N) is 1. The number of ether oxygens (including phenoxy) is 1. The topological polar surface area (TPSA) is 78.8 Å². The van der Waals surface area contributed by atoms with E-state index in [9.17, 15) is 15.0 Å². The lowest BCUT2D eigenvalue weighted by atomic mass is 10.1. The van der Waals surface area contributed by atoms with E-state index in [4.69, 9.17) is 4.74 Å². The van der Waals surface area contributed by atoms with Gasteiger partial charge in [-0.25, -0.2) is 0 Å². The molecule has 98 valence electrons. The third kappa shape index (κ3) is 4.10. The van der Waals surface area contributed by atoms with Crippen LogP contribution in [0.4, 0.5) is 0 Å². The summed E-state index contributed by atoms with van der Waals surface area (Å²) in [6.45, 7) is 4.80. The molecule has 0 saturated carbocycles. The van der Waals surface area contributed by atoms with E-state index in [1.165, 1.54) is 18.2 Å². The van der Waals surface area contributed by atoms with Crippen LogP contribution in [0.3, 0.4) is 0 Å². The minimum Gasteiger partial charge on any atom is -0.507 e. The Kier molecular flexibility index (Phi) is 5.73. The normalized spacial score (nSPS) is 10.0. The summed E-state index contributed by atoms with van der Waals surface area (Å²) < 4.78 is 5.21. The first-order valence-electron chi connectivity index (χ1n) is 5.64. The molecule has 0 aliphatic carbocycles. The van der Waals surface area contributed by atoms with Crippen molar-refractivity contribution < 1.29 is 19.7 Å². The largest absolute Gasteiger partial charge is 0.507 e. The van der Waals surface area contributed by atoms with Crippen molar-refractivity contribution in [3.05, 3.63) is 36.4 Å². The standard InChI is InChI=1S/C13H17NO4/c1-2-3-8-18-9-7-14-13(17)12-10(15)5-4-6-11(12)16/h2,4-6,15-16H,1,3,7-9H2,(H,14,17). The minimum atomic E-state index is -0.530. The molecule has 1 amide bonds. The SMILES string of the molecule is C=CCCOCCNC(=O)c1c(O)cccc1O. The van der Waals surface area contributed by atoms with Crippen LogP contribution in [0.5, 0.6) is 11.5 Å². The minimum absolute atomic E-state index is 0.122. The Hall–Kier alpha value is -2.01. The third-order valence-electron chi connectivity index (χ3n) is 2.25. The van der Waals surface area contributed by atoms with E-state index in [-0.39, 0.29) is 17.1 Å². The molecule has 1 rings (SSSR count). The van der Waals surface area contributed by atoms with Gasteiger partial charge in [-0.3, -0.25) is 4.79 Å². The summed E-state index contributed by atoms with van der Waals surface area (Å²) in [5.74, 6) is -1.03. The second-order valence-corrected chi connectivity index (χ2v) is 3.62. The average Bonchev–Trinajstić information content (AvgIpc) is 2.33. The quantitative estimate of drug-likeness (QED) is 0.506.